The Morgan fingerprint density at radius 2 is 2.05 bits per heavy atom. The highest BCUT2D eigenvalue weighted by atomic mass is 32.1. The molecule has 2 N–H and O–H groups in total. The minimum absolute atomic E-state index is 0.439. The Hall–Kier alpha value is -1.93. The van der Waals surface area contributed by atoms with Gasteiger partial charge in [-0.2, -0.15) is 10.2 Å². The van der Waals surface area contributed by atoms with Crippen molar-refractivity contribution >= 4 is 23.0 Å². The molecule has 0 bridgehead atoms. The first-order valence-corrected chi connectivity index (χ1v) is 7.28. The van der Waals surface area contributed by atoms with Gasteiger partial charge >= 0.3 is 0 Å². The van der Waals surface area contributed by atoms with Crippen LogP contribution in [0.1, 0.15) is 19.4 Å². The maximum Gasteiger partial charge on any atom is 0.171 e. The van der Waals surface area contributed by atoms with E-state index in [0.29, 0.717) is 25.0 Å². The van der Waals surface area contributed by atoms with Crippen molar-refractivity contribution in [2.45, 2.75) is 33.7 Å². The fraction of sp³-hybridized carbons (Fsp3) is 0.462. The number of ether oxygens (including phenoxy) is 1. The van der Waals surface area contributed by atoms with E-state index >= 15 is 0 Å². The molecule has 2 aromatic heterocycles. The minimum atomic E-state index is 0.439. The number of anilines is 1. The number of hydrogen-bond donors (Lipinski definition) is 2. The van der Waals surface area contributed by atoms with Crippen LogP contribution in [-0.2, 0) is 24.6 Å². The highest BCUT2D eigenvalue weighted by Crippen LogP contribution is 2.05. The molecule has 114 valence electrons. The van der Waals surface area contributed by atoms with E-state index in [-0.39, 0.29) is 0 Å². The van der Waals surface area contributed by atoms with Crippen LogP contribution in [0.25, 0.3) is 0 Å². The fourth-order valence-electron chi connectivity index (χ4n) is 1.71. The van der Waals surface area contributed by atoms with Crippen molar-refractivity contribution < 1.29 is 4.74 Å². The Balaban J connectivity index is 1.77. The van der Waals surface area contributed by atoms with Crippen molar-refractivity contribution in [2.24, 2.45) is 0 Å². The summed E-state index contributed by atoms with van der Waals surface area (Å²) in [6.45, 7) is 6.60. The summed E-state index contributed by atoms with van der Waals surface area (Å²) in [4.78, 5) is 0. The lowest BCUT2D eigenvalue weighted by molar-refractivity contribution is 0.0792. The maximum absolute atomic E-state index is 5.27. The van der Waals surface area contributed by atoms with Crippen LogP contribution in [0, 0.1) is 0 Å². The van der Waals surface area contributed by atoms with Gasteiger partial charge < -0.3 is 15.4 Å². The van der Waals surface area contributed by atoms with Crippen LogP contribution in [0.15, 0.2) is 24.8 Å². The van der Waals surface area contributed by atoms with Gasteiger partial charge in [-0.15, -0.1) is 0 Å². The van der Waals surface area contributed by atoms with Crippen LogP contribution in [0.3, 0.4) is 0 Å². The maximum atomic E-state index is 5.27. The Bertz CT molecular complexity index is 579. The molecule has 2 aromatic rings. The molecule has 0 aromatic carbocycles. The van der Waals surface area contributed by atoms with E-state index in [1.807, 2.05) is 30.2 Å². The summed E-state index contributed by atoms with van der Waals surface area (Å²) in [5.41, 5.74) is 1.92. The normalized spacial score (nSPS) is 10.6. The molecule has 8 heteroatoms. The third-order valence-electron chi connectivity index (χ3n) is 2.78. The number of aromatic nitrogens is 4. The molecule has 0 amide bonds. The summed E-state index contributed by atoms with van der Waals surface area (Å²) in [6.07, 6.45) is 7.38. The van der Waals surface area contributed by atoms with E-state index in [1.165, 1.54) is 0 Å². The Morgan fingerprint density at radius 1 is 1.24 bits per heavy atom. The third-order valence-corrected chi connectivity index (χ3v) is 3.03. The monoisotopic (exact) mass is 308 g/mol. The second-order valence-electron chi connectivity index (χ2n) is 4.40. The van der Waals surface area contributed by atoms with Gasteiger partial charge in [0.1, 0.15) is 6.73 Å². The predicted molar refractivity (Wildman–Crippen MR) is 84.8 cm³/mol. The Kier molecular flexibility index (Phi) is 5.70. The van der Waals surface area contributed by atoms with Gasteiger partial charge in [-0.25, -0.2) is 4.68 Å². The number of nitrogens with zero attached hydrogens (tertiary/aromatic N) is 4. The molecule has 0 saturated heterocycles. The average molecular weight is 308 g/mol. The third kappa shape index (κ3) is 4.83. The highest BCUT2D eigenvalue weighted by molar-refractivity contribution is 7.80. The zero-order valence-corrected chi connectivity index (χ0v) is 13.1. The lowest BCUT2D eigenvalue weighted by Crippen LogP contribution is -2.27. The van der Waals surface area contributed by atoms with Crippen LogP contribution >= 0.6 is 12.2 Å². The zero-order valence-electron chi connectivity index (χ0n) is 12.2. The van der Waals surface area contributed by atoms with Crippen molar-refractivity contribution in [3.63, 3.8) is 0 Å². The Labute approximate surface area is 129 Å². The molecule has 0 atom stereocenters. The van der Waals surface area contributed by atoms with E-state index in [9.17, 15) is 0 Å². The quantitative estimate of drug-likeness (QED) is 0.757. The molecule has 0 spiro atoms. The average Bonchev–Trinajstić information content (AvgIpc) is 3.12. The number of nitrogens with one attached hydrogen (secondary N) is 2. The minimum Gasteiger partial charge on any atom is -0.360 e. The molecule has 2 heterocycles. The number of rotatable bonds is 7. The smallest absolute Gasteiger partial charge is 0.171 e. The van der Waals surface area contributed by atoms with E-state index in [4.69, 9.17) is 17.0 Å². The van der Waals surface area contributed by atoms with Gasteiger partial charge in [0.05, 0.1) is 24.3 Å². The second kappa shape index (κ2) is 7.75. The second-order valence-corrected chi connectivity index (χ2v) is 4.81. The van der Waals surface area contributed by atoms with E-state index < -0.39 is 0 Å². The largest absolute Gasteiger partial charge is 0.360 e. The van der Waals surface area contributed by atoms with Gasteiger partial charge in [0, 0.05) is 31.5 Å². The van der Waals surface area contributed by atoms with Gasteiger partial charge in [0.15, 0.2) is 5.11 Å². The summed E-state index contributed by atoms with van der Waals surface area (Å²) in [7, 11) is 0. The Morgan fingerprint density at radius 3 is 2.76 bits per heavy atom. The first-order valence-electron chi connectivity index (χ1n) is 6.87. The molecule has 0 radical (unpaired) electrons. The SMILES string of the molecule is CCOCn1cc(NC(=S)NCc2cnn(CC)c2)cn1. The van der Waals surface area contributed by atoms with Crippen LogP contribution in [0.5, 0.6) is 0 Å². The molecule has 0 aliphatic rings. The van der Waals surface area contributed by atoms with Crippen LogP contribution < -0.4 is 10.6 Å². The van der Waals surface area contributed by atoms with E-state index in [1.54, 1.807) is 10.9 Å². The molecule has 2 rings (SSSR count). The summed E-state index contributed by atoms with van der Waals surface area (Å²) in [5, 5.41) is 15.2. The van der Waals surface area contributed by atoms with Gasteiger partial charge in [0.25, 0.3) is 0 Å². The number of aryl methyl sites for hydroxylation is 1. The van der Waals surface area contributed by atoms with Crippen molar-refractivity contribution in [1.82, 2.24) is 24.9 Å². The first-order chi connectivity index (χ1) is 10.2. The number of thiocarbonyl (C=S) groups is 1. The molecule has 0 saturated carbocycles. The van der Waals surface area contributed by atoms with Gasteiger partial charge in [0.2, 0.25) is 0 Å². The van der Waals surface area contributed by atoms with Gasteiger partial charge in [-0.3, -0.25) is 4.68 Å². The highest BCUT2D eigenvalue weighted by Gasteiger charge is 2.02. The molecule has 7 nitrogen and oxygen atoms in total. The molecular formula is C13H20N6OS. The lowest BCUT2D eigenvalue weighted by Gasteiger charge is -2.07. The molecular weight excluding hydrogens is 288 g/mol. The standard InChI is InChI=1S/C13H20N6OS/c1-3-18-8-11(6-15-18)5-14-13(21)17-12-7-16-19(9-12)10-20-4-2/h6-9H,3-5,10H2,1-2H3,(H2,14,17,21). The van der Waals surface area contributed by atoms with Crippen molar-refractivity contribution in [3.05, 3.63) is 30.4 Å². The van der Waals surface area contributed by atoms with E-state index in [2.05, 4.69) is 27.8 Å². The molecule has 21 heavy (non-hydrogen) atoms. The number of hydrogen-bond acceptors (Lipinski definition) is 4. The van der Waals surface area contributed by atoms with Crippen LogP contribution in [-0.4, -0.2) is 31.3 Å². The fourth-order valence-corrected chi connectivity index (χ4v) is 1.90. The molecule has 0 fully saturated rings. The topological polar surface area (TPSA) is 68.9 Å². The summed E-state index contributed by atoms with van der Waals surface area (Å²) in [5.74, 6) is 0. The summed E-state index contributed by atoms with van der Waals surface area (Å²) in [6, 6.07) is 0. The van der Waals surface area contributed by atoms with Crippen molar-refractivity contribution in [3.8, 4) is 0 Å². The summed E-state index contributed by atoms with van der Waals surface area (Å²) < 4.78 is 8.86. The molecule has 0 unspecified atom stereocenters. The zero-order chi connectivity index (χ0) is 15.1. The van der Waals surface area contributed by atoms with Crippen LogP contribution in [0.4, 0.5) is 5.69 Å². The van der Waals surface area contributed by atoms with Crippen LogP contribution in [0.2, 0.25) is 0 Å². The lowest BCUT2D eigenvalue weighted by atomic mass is 10.4. The van der Waals surface area contributed by atoms with Gasteiger partial charge in [-0.05, 0) is 26.1 Å². The molecule has 0 aliphatic carbocycles. The summed E-state index contributed by atoms with van der Waals surface area (Å²) >= 11 is 5.25. The van der Waals surface area contributed by atoms with Gasteiger partial charge in [-0.1, -0.05) is 0 Å². The van der Waals surface area contributed by atoms with Crippen molar-refractivity contribution in [2.75, 3.05) is 11.9 Å². The predicted octanol–water partition coefficient (Wildman–Crippen LogP) is 1.58. The van der Waals surface area contributed by atoms with Crippen molar-refractivity contribution in [1.29, 1.82) is 0 Å². The molecule has 0 aliphatic heterocycles. The first kappa shape index (κ1) is 15.5. The van der Waals surface area contributed by atoms with E-state index in [0.717, 1.165) is 17.8 Å².